The smallest absolute Gasteiger partial charge is 0.123 e. The molecule has 0 spiro atoms. The Morgan fingerprint density at radius 2 is 1.84 bits per heavy atom. The molecule has 0 fully saturated rings. The molecule has 1 N–H and O–H groups in total. The van der Waals surface area contributed by atoms with Gasteiger partial charge in [0.25, 0.3) is 0 Å². The molecule has 0 radical (unpaired) electrons. The second kappa shape index (κ2) is 7.38. The summed E-state index contributed by atoms with van der Waals surface area (Å²) in [5.74, 6) is 1.10. The fourth-order valence-electron chi connectivity index (χ4n) is 3.73. The minimum absolute atomic E-state index is 0.827. The zero-order chi connectivity index (χ0) is 17.1. The molecule has 4 nitrogen and oxygen atoms in total. The molecule has 3 aromatic rings. The lowest BCUT2D eigenvalue weighted by atomic mass is 10.00. The van der Waals surface area contributed by atoms with Gasteiger partial charge in [-0.25, -0.2) is 4.98 Å². The summed E-state index contributed by atoms with van der Waals surface area (Å²) >= 11 is 0. The van der Waals surface area contributed by atoms with Crippen LogP contribution in [0.5, 0.6) is 0 Å². The molecule has 0 saturated carbocycles. The maximum Gasteiger partial charge on any atom is 0.123 e. The Kier molecular flexibility index (Phi) is 4.81. The number of aryl methyl sites for hydroxylation is 1. The Balaban J connectivity index is 1.23. The van der Waals surface area contributed by atoms with Crippen molar-refractivity contribution in [1.29, 1.82) is 0 Å². The van der Waals surface area contributed by atoms with Crippen LogP contribution < -0.4 is 5.32 Å². The van der Waals surface area contributed by atoms with Gasteiger partial charge in [-0.05, 0) is 49.2 Å². The highest BCUT2D eigenvalue weighted by Gasteiger charge is 2.14. The van der Waals surface area contributed by atoms with E-state index in [0.29, 0.717) is 0 Å². The maximum absolute atomic E-state index is 4.71. The van der Waals surface area contributed by atoms with Crippen LogP contribution in [0.3, 0.4) is 0 Å². The molecule has 0 aliphatic carbocycles. The Morgan fingerprint density at radius 1 is 1.04 bits per heavy atom. The number of imidazole rings is 1. The second-order valence-electron chi connectivity index (χ2n) is 6.90. The van der Waals surface area contributed by atoms with Gasteiger partial charge >= 0.3 is 0 Å². The minimum atomic E-state index is 0.827. The molecule has 25 heavy (non-hydrogen) atoms. The molecule has 4 rings (SSSR count). The number of fused-ring (bicyclic) bond motifs is 2. The van der Waals surface area contributed by atoms with Gasteiger partial charge in [-0.3, -0.25) is 4.90 Å². The monoisotopic (exact) mass is 334 g/mol. The molecule has 1 aliphatic heterocycles. The van der Waals surface area contributed by atoms with Crippen molar-refractivity contribution in [3.05, 3.63) is 65.5 Å². The largest absolute Gasteiger partial charge is 0.330 e. The van der Waals surface area contributed by atoms with Crippen LogP contribution in [0.4, 0.5) is 0 Å². The summed E-state index contributed by atoms with van der Waals surface area (Å²) in [7, 11) is 2.09. The van der Waals surface area contributed by atoms with E-state index in [0.717, 1.165) is 37.5 Å². The zero-order valence-corrected chi connectivity index (χ0v) is 14.9. The van der Waals surface area contributed by atoms with Gasteiger partial charge in [-0.2, -0.15) is 0 Å². The van der Waals surface area contributed by atoms with Crippen molar-refractivity contribution in [2.24, 2.45) is 7.05 Å². The van der Waals surface area contributed by atoms with Crippen molar-refractivity contribution >= 4 is 11.0 Å². The maximum atomic E-state index is 4.71. The van der Waals surface area contributed by atoms with Crippen LogP contribution >= 0.6 is 0 Å². The number of para-hydroxylation sites is 2. The number of rotatable bonds is 6. The quantitative estimate of drug-likeness (QED) is 0.703. The van der Waals surface area contributed by atoms with Gasteiger partial charge in [0.1, 0.15) is 5.82 Å². The van der Waals surface area contributed by atoms with Crippen LogP contribution in [0, 0.1) is 0 Å². The lowest BCUT2D eigenvalue weighted by Gasteiger charge is -2.28. The Hall–Kier alpha value is -2.17. The van der Waals surface area contributed by atoms with Crippen molar-refractivity contribution in [3.63, 3.8) is 0 Å². The molecule has 2 aromatic carbocycles. The Labute approximate surface area is 149 Å². The number of aromatic nitrogens is 2. The molecular formula is C21H26N4. The van der Waals surface area contributed by atoms with Crippen molar-refractivity contribution < 1.29 is 0 Å². The predicted octanol–water partition coefficient (Wildman–Crippen LogP) is 3.11. The number of hydrogen-bond donors (Lipinski definition) is 1. The normalized spacial score (nSPS) is 14.8. The number of benzene rings is 2. The summed E-state index contributed by atoms with van der Waals surface area (Å²) < 4.78 is 2.18. The highest BCUT2D eigenvalue weighted by Crippen LogP contribution is 2.18. The molecule has 4 heteroatoms. The van der Waals surface area contributed by atoms with Crippen LogP contribution in [0.2, 0.25) is 0 Å². The third-order valence-electron chi connectivity index (χ3n) is 5.20. The van der Waals surface area contributed by atoms with Crippen molar-refractivity contribution in [2.75, 3.05) is 19.6 Å². The molecule has 0 saturated heterocycles. The van der Waals surface area contributed by atoms with Gasteiger partial charge in [-0.1, -0.05) is 36.4 Å². The lowest BCUT2D eigenvalue weighted by Crippen LogP contribution is -2.32. The van der Waals surface area contributed by atoms with E-state index in [9.17, 15) is 0 Å². The van der Waals surface area contributed by atoms with Crippen molar-refractivity contribution in [3.8, 4) is 0 Å². The van der Waals surface area contributed by atoms with Gasteiger partial charge in [0.05, 0.1) is 17.6 Å². The SMILES string of the molecule is Cn1c(CNCCCN2CCc3ccccc3C2)nc2ccccc21. The summed E-state index contributed by atoms with van der Waals surface area (Å²) in [4.78, 5) is 7.28. The highest BCUT2D eigenvalue weighted by molar-refractivity contribution is 5.75. The average molecular weight is 334 g/mol. The first kappa shape index (κ1) is 16.3. The number of nitrogens with one attached hydrogen (secondary N) is 1. The third kappa shape index (κ3) is 3.60. The molecular weight excluding hydrogens is 308 g/mol. The topological polar surface area (TPSA) is 33.1 Å². The van der Waals surface area contributed by atoms with Gasteiger partial charge in [0.2, 0.25) is 0 Å². The van der Waals surface area contributed by atoms with Gasteiger partial charge in [0, 0.05) is 20.1 Å². The summed E-state index contributed by atoms with van der Waals surface area (Å²) in [6.07, 6.45) is 2.36. The van der Waals surface area contributed by atoms with E-state index < -0.39 is 0 Å². The van der Waals surface area contributed by atoms with Gasteiger partial charge < -0.3 is 9.88 Å². The van der Waals surface area contributed by atoms with Gasteiger partial charge in [0.15, 0.2) is 0 Å². The Morgan fingerprint density at radius 3 is 2.72 bits per heavy atom. The molecule has 130 valence electrons. The van der Waals surface area contributed by atoms with Gasteiger partial charge in [-0.15, -0.1) is 0 Å². The van der Waals surface area contributed by atoms with Crippen LogP contribution in [0.15, 0.2) is 48.5 Å². The first-order valence-electron chi connectivity index (χ1n) is 9.21. The molecule has 0 amide bonds. The van der Waals surface area contributed by atoms with E-state index in [-0.39, 0.29) is 0 Å². The number of nitrogens with zero attached hydrogens (tertiary/aromatic N) is 3. The van der Waals surface area contributed by atoms with E-state index in [4.69, 9.17) is 4.98 Å². The first-order valence-corrected chi connectivity index (χ1v) is 9.21. The van der Waals surface area contributed by atoms with E-state index in [1.165, 1.54) is 36.0 Å². The summed E-state index contributed by atoms with van der Waals surface area (Å²) in [6, 6.07) is 17.2. The molecule has 0 unspecified atom stereocenters. The van der Waals surface area contributed by atoms with E-state index >= 15 is 0 Å². The third-order valence-corrected chi connectivity index (χ3v) is 5.20. The van der Waals surface area contributed by atoms with Crippen LogP contribution in [0.25, 0.3) is 11.0 Å². The molecule has 2 heterocycles. The molecule has 0 atom stereocenters. The molecule has 0 bridgehead atoms. The fraction of sp³-hybridized carbons (Fsp3) is 0.381. The van der Waals surface area contributed by atoms with E-state index in [1.54, 1.807) is 0 Å². The van der Waals surface area contributed by atoms with E-state index in [1.807, 2.05) is 6.07 Å². The Bertz CT molecular complexity index is 852. The van der Waals surface area contributed by atoms with E-state index in [2.05, 4.69) is 64.3 Å². The van der Waals surface area contributed by atoms with Crippen molar-refractivity contribution in [1.82, 2.24) is 19.8 Å². The summed E-state index contributed by atoms with van der Waals surface area (Å²) in [6.45, 7) is 5.29. The number of hydrogen-bond acceptors (Lipinski definition) is 3. The van der Waals surface area contributed by atoms with Crippen molar-refractivity contribution in [2.45, 2.75) is 25.9 Å². The minimum Gasteiger partial charge on any atom is -0.330 e. The lowest BCUT2D eigenvalue weighted by molar-refractivity contribution is 0.250. The molecule has 1 aliphatic rings. The van der Waals surface area contributed by atoms with Crippen LogP contribution in [-0.2, 0) is 26.6 Å². The standard InChI is InChI=1S/C21H26N4/c1-24-20-10-5-4-9-19(20)23-21(24)15-22-12-6-13-25-14-11-17-7-2-3-8-18(17)16-25/h2-5,7-10,22H,6,11-16H2,1H3. The first-order chi connectivity index (χ1) is 12.3. The predicted molar refractivity (Wildman–Crippen MR) is 102 cm³/mol. The summed E-state index contributed by atoms with van der Waals surface area (Å²) in [5.41, 5.74) is 5.31. The van der Waals surface area contributed by atoms with Crippen LogP contribution in [0.1, 0.15) is 23.4 Å². The highest BCUT2D eigenvalue weighted by atomic mass is 15.1. The van der Waals surface area contributed by atoms with Crippen LogP contribution in [-0.4, -0.2) is 34.1 Å². The summed E-state index contributed by atoms with van der Waals surface area (Å²) in [5, 5.41) is 3.55. The average Bonchev–Trinajstić information content (AvgIpc) is 2.97. The molecule has 1 aromatic heterocycles. The second-order valence-corrected chi connectivity index (χ2v) is 6.90. The fourth-order valence-corrected chi connectivity index (χ4v) is 3.73. The zero-order valence-electron chi connectivity index (χ0n) is 14.9.